The summed E-state index contributed by atoms with van der Waals surface area (Å²) in [4.78, 5) is 18.5. The number of amides is 1. The molecule has 0 spiro atoms. The van der Waals surface area contributed by atoms with Crippen molar-refractivity contribution < 1.29 is 9.32 Å². The van der Waals surface area contributed by atoms with Gasteiger partial charge >= 0.3 is 0 Å². The molecule has 0 fully saturated rings. The van der Waals surface area contributed by atoms with Crippen LogP contribution in [0.1, 0.15) is 36.5 Å². The van der Waals surface area contributed by atoms with Crippen molar-refractivity contribution in [2.75, 3.05) is 13.1 Å². The lowest BCUT2D eigenvalue weighted by Gasteiger charge is -2.22. The summed E-state index contributed by atoms with van der Waals surface area (Å²) in [6.07, 6.45) is 2.61. The molecule has 24 heavy (non-hydrogen) atoms. The van der Waals surface area contributed by atoms with Crippen molar-refractivity contribution >= 4 is 18.3 Å². The number of hydrogen-bond acceptors (Lipinski definition) is 5. The van der Waals surface area contributed by atoms with Gasteiger partial charge in [0.1, 0.15) is 0 Å². The molecule has 0 saturated carbocycles. The van der Waals surface area contributed by atoms with Gasteiger partial charge in [0, 0.05) is 25.9 Å². The Morgan fingerprint density at radius 2 is 2.00 bits per heavy atom. The molecule has 0 aliphatic carbocycles. The molecule has 0 aliphatic rings. The zero-order valence-corrected chi connectivity index (χ0v) is 14.8. The minimum absolute atomic E-state index is 0. The summed E-state index contributed by atoms with van der Waals surface area (Å²) in [5, 5.41) is 3.75. The first kappa shape index (κ1) is 20.1. The molecular weight excluding hydrogens is 328 g/mol. The quantitative estimate of drug-likeness (QED) is 0.749. The molecule has 0 saturated heterocycles. The van der Waals surface area contributed by atoms with Crippen LogP contribution in [0, 0.1) is 6.92 Å². The van der Waals surface area contributed by atoms with Crippen LogP contribution in [0.4, 0.5) is 0 Å². The summed E-state index contributed by atoms with van der Waals surface area (Å²) in [5.41, 5.74) is 6.71. The van der Waals surface area contributed by atoms with Gasteiger partial charge in [0.2, 0.25) is 11.8 Å². The zero-order valence-electron chi connectivity index (χ0n) is 14.0. The molecule has 132 valence electrons. The summed E-state index contributed by atoms with van der Waals surface area (Å²) < 4.78 is 5.06. The van der Waals surface area contributed by atoms with Crippen molar-refractivity contribution in [2.24, 2.45) is 5.73 Å². The number of hydrogen-bond donors (Lipinski definition) is 1. The average Bonchev–Trinajstić information content (AvgIpc) is 2.97. The van der Waals surface area contributed by atoms with Gasteiger partial charge in [0.15, 0.2) is 5.82 Å². The number of halogens is 1. The summed E-state index contributed by atoms with van der Waals surface area (Å²) in [7, 11) is 0. The maximum Gasteiger partial charge on any atom is 0.226 e. The molecule has 1 heterocycles. The van der Waals surface area contributed by atoms with Crippen LogP contribution < -0.4 is 5.73 Å². The maximum absolute atomic E-state index is 12.5. The minimum Gasteiger partial charge on any atom is -0.339 e. The van der Waals surface area contributed by atoms with E-state index in [1.165, 1.54) is 0 Å². The highest BCUT2D eigenvalue weighted by Crippen LogP contribution is 2.10. The number of nitrogens with zero attached hydrogens (tertiary/aromatic N) is 3. The number of rotatable bonds is 9. The Bertz CT molecular complexity index is 604. The molecule has 0 bridgehead atoms. The average molecular weight is 353 g/mol. The van der Waals surface area contributed by atoms with Gasteiger partial charge in [0.25, 0.3) is 0 Å². The van der Waals surface area contributed by atoms with Gasteiger partial charge in [-0.25, -0.2) is 0 Å². The summed E-state index contributed by atoms with van der Waals surface area (Å²) >= 11 is 0. The number of aryl methyl sites for hydroxylation is 2. The molecule has 0 unspecified atom stereocenters. The van der Waals surface area contributed by atoms with Gasteiger partial charge in [-0.15, -0.1) is 12.4 Å². The number of aromatic nitrogens is 2. The predicted molar refractivity (Wildman–Crippen MR) is 94.8 cm³/mol. The molecule has 7 heteroatoms. The molecule has 0 radical (unpaired) electrons. The highest BCUT2D eigenvalue weighted by molar-refractivity contribution is 5.85. The largest absolute Gasteiger partial charge is 0.339 e. The number of nitrogens with two attached hydrogens (primary N) is 1. The topological polar surface area (TPSA) is 85.2 Å². The third kappa shape index (κ3) is 6.68. The van der Waals surface area contributed by atoms with E-state index in [1.54, 1.807) is 6.92 Å². The lowest BCUT2D eigenvalue weighted by atomic mass is 10.1. The van der Waals surface area contributed by atoms with Gasteiger partial charge in [-0.3, -0.25) is 4.79 Å². The Hall–Kier alpha value is -1.92. The fourth-order valence-electron chi connectivity index (χ4n) is 2.37. The first-order valence-corrected chi connectivity index (χ1v) is 8.00. The molecule has 0 aliphatic heterocycles. The second kappa shape index (κ2) is 10.8. The van der Waals surface area contributed by atoms with Crippen molar-refractivity contribution in [1.29, 1.82) is 0 Å². The SMILES string of the molecule is Cc1noc(CCCC(=O)N(CCCN)Cc2ccccc2)n1.Cl. The summed E-state index contributed by atoms with van der Waals surface area (Å²) in [6, 6.07) is 10.0. The molecule has 6 nitrogen and oxygen atoms in total. The second-order valence-corrected chi connectivity index (χ2v) is 5.53. The Labute approximate surface area is 148 Å². The van der Waals surface area contributed by atoms with E-state index in [0.29, 0.717) is 50.6 Å². The molecule has 0 atom stereocenters. The zero-order chi connectivity index (χ0) is 16.5. The highest BCUT2D eigenvalue weighted by atomic mass is 35.5. The number of carbonyl (C=O) groups excluding carboxylic acids is 1. The van der Waals surface area contributed by atoms with Crippen LogP contribution in [-0.4, -0.2) is 34.0 Å². The van der Waals surface area contributed by atoms with Gasteiger partial charge in [-0.05, 0) is 31.9 Å². The third-order valence-corrected chi connectivity index (χ3v) is 3.55. The van der Waals surface area contributed by atoms with Crippen molar-refractivity contribution in [1.82, 2.24) is 15.0 Å². The Kier molecular flexibility index (Phi) is 9.04. The minimum atomic E-state index is 0. The standard InChI is InChI=1S/C17H24N4O2.ClH/c1-14-19-16(23-20-14)9-5-10-17(22)21(12-6-11-18)13-15-7-3-2-4-8-15;/h2-4,7-8H,5-6,9-13,18H2,1H3;1H. The maximum atomic E-state index is 12.5. The smallest absolute Gasteiger partial charge is 0.226 e. The van der Waals surface area contributed by atoms with Gasteiger partial charge < -0.3 is 15.2 Å². The van der Waals surface area contributed by atoms with Crippen LogP contribution in [0.5, 0.6) is 0 Å². The lowest BCUT2D eigenvalue weighted by Crippen LogP contribution is -2.32. The number of benzene rings is 1. The molecule has 1 aromatic heterocycles. The van der Waals surface area contributed by atoms with Crippen LogP contribution >= 0.6 is 12.4 Å². The highest BCUT2D eigenvalue weighted by Gasteiger charge is 2.14. The first-order chi connectivity index (χ1) is 11.2. The van der Waals surface area contributed by atoms with Gasteiger partial charge in [-0.1, -0.05) is 35.5 Å². The van der Waals surface area contributed by atoms with E-state index in [-0.39, 0.29) is 18.3 Å². The molecular formula is C17H25ClN4O2. The third-order valence-electron chi connectivity index (χ3n) is 3.55. The van der Waals surface area contributed by atoms with E-state index in [1.807, 2.05) is 35.2 Å². The van der Waals surface area contributed by atoms with E-state index < -0.39 is 0 Å². The Morgan fingerprint density at radius 1 is 1.25 bits per heavy atom. The fraction of sp³-hybridized carbons (Fsp3) is 0.471. The summed E-state index contributed by atoms with van der Waals surface area (Å²) in [5.74, 6) is 1.35. The van der Waals surface area contributed by atoms with Gasteiger partial charge in [0.05, 0.1) is 0 Å². The van der Waals surface area contributed by atoms with E-state index in [4.69, 9.17) is 10.3 Å². The van der Waals surface area contributed by atoms with Crippen LogP contribution in [0.2, 0.25) is 0 Å². The van der Waals surface area contributed by atoms with Crippen molar-refractivity contribution in [3.05, 3.63) is 47.6 Å². The number of carbonyl (C=O) groups is 1. The fourth-order valence-corrected chi connectivity index (χ4v) is 2.37. The van der Waals surface area contributed by atoms with Crippen molar-refractivity contribution in [3.63, 3.8) is 0 Å². The van der Waals surface area contributed by atoms with Crippen LogP contribution in [-0.2, 0) is 17.8 Å². The molecule has 1 aromatic carbocycles. The van der Waals surface area contributed by atoms with E-state index in [0.717, 1.165) is 12.0 Å². The second-order valence-electron chi connectivity index (χ2n) is 5.53. The molecule has 2 N–H and O–H groups in total. The predicted octanol–water partition coefficient (Wildman–Crippen LogP) is 2.50. The summed E-state index contributed by atoms with van der Waals surface area (Å²) in [6.45, 7) is 3.68. The first-order valence-electron chi connectivity index (χ1n) is 8.00. The van der Waals surface area contributed by atoms with E-state index in [9.17, 15) is 4.79 Å². The molecule has 2 rings (SSSR count). The van der Waals surface area contributed by atoms with Crippen LogP contribution in [0.3, 0.4) is 0 Å². The van der Waals surface area contributed by atoms with Crippen LogP contribution in [0.15, 0.2) is 34.9 Å². The van der Waals surface area contributed by atoms with Gasteiger partial charge in [-0.2, -0.15) is 4.98 Å². The monoisotopic (exact) mass is 352 g/mol. The normalized spacial score (nSPS) is 10.2. The van der Waals surface area contributed by atoms with Crippen LogP contribution in [0.25, 0.3) is 0 Å². The lowest BCUT2D eigenvalue weighted by molar-refractivity contribution is -0.132. The van der Waals surface area contributed by atoms with Crippen molar-refractivity contribution in [2.45, 2.75) is 39.2 Å². The van der Waals surface area contributed by atoms with Crippen molar-refractivity contribution in [3.8, 4) is 0 Å². The Morgan fingerprint density at radius 3 is 2.62 bits per heavy atom. The molecule has 1 amide bonds. The molecule has 2 aromatic rings. The Balaban J connectivity index is 0.00000288. The van der Waals surface area contributed by atoms with E-state index >= 15 is 0 Å². The van der Waals surface area contributed by atoms with E-state index in [2.05, 4.69) is 10.1 Å².